The molecule has 5 fully saturated rings. The van der Waals surface area contributed by atoms with Crippen LogP contribution in [0.4, 0.5) is 0 Å². The number of nitrogens with one attached hydrogen (secondary N) is 2. The van der Waals surface area contributed by atoms with E-state index in [-0.39, 0.29) is 56.8 Å². The van der Waals surface area contributed by atoms with Gasteiger partial charge in [0.05, 0.1) is 17.1 Å². The maximum absolute atomic E-state index is 14.3. The van der Waals surface area contributed by atoms with Gasteiger partial charge in [0.1, 0.15) is 5.75 Å². The summed E-state index contributed by atoms with van der Waals surface area (Å²) in [6.45, 7) is 19.8. The number of phenolic OH excluding ortho intramolecular Hbond substituents is 1. The summed E-state index contributed by atoms with van der Waals surface area (Å²) in [6, 6.07) is 6.52. The van der Waals surface area contributed by atoms with Crippen LogP contribution in [-0.2, 0) is 4.79 Å². The standard InChI is InChI=1S/C39H58N2O4/c1-24(2)25-14-19-39(34(45)41-23-22-40-33(44)26-10-8-9-11-28(26)42)21-20-37(6)27(32(25)39)12-13-30-36(5)17-16-31(43)35(3,4)29(36)15-18-38(30,37)7/h8-11,25,27,29-32,42-43H,1,12-23H2,2-7H3,(H,40,44)(H,41,45)/t25-,27+,29-,30+,31-,32+,36-,37+,38+,39-/m0/s1. The van der Waals surface area contributed by atoms with Crippen LogP contribution in [0.15, 0.2) is 36.4 Å². The van der Waals surface area contributed by atoms with Crippen molar-refractivity contribution in [3.63, 3.8) is 0 Å². The van der Waals surface area contributed by atoms with Gasteiger partial charge in [0, 0.05) is 13.1 Å². The number of aromatic hydroxyl groups is 1. The molecule has 5 aliphatic rings. The van der Waals surface area contributed by atoms with Crippen LogP contribution in [0.25, 0.3) is 0 Å². The number of aliphatic hydroxyl groups excluding tert-OH is 1. The highest BCUT2D eigenvalue weighted by atomic mass is 16.3. The summed E-state index contributed by atoms with van der Waals surface area (Å²) in [6.07, 6.45) is 10.5. The van der Waals surface area contributed by atoms with E-state index in [1.807, 2.05) is 0 Å². The smallest absolute Gasteiger partial charge is 0.255 e. The molecule has 0 bridgehead atoms. The van der Waals surface area contributed by atoms with Crippen molar-refractivity contribution in [3.8, 4) is 5.75 Å². The second kappa shape index (κ2) is 11.1. The van der Waals surface area contributed by atoms with Crippen LogP contribution in [0.1, 0.15) is 116 Å². The molecule has 6 heteroatoms. The highest BCUT2D eigenvalue weighted by Crippen LogP contribution is 2.77. The minimum atomic E-state index is -0.392. The van der Waals surface area contributed by atoms with Crippen molar-refractivity contribution in [2.24, 2.45) is 56.7 Å². The molecule has 248 valence electrons. The molecule has 2 amide bonds. The molecule has 0 aromatic heterocycles. The Kier molecular flexibility index (Phi) is 8.06. The van der Waals surface area contributed by atoms with E-state index in [0.717, 1.165) is 38.5 Å². The zero-order valence-corrected chi connectivity index (χ0v) is 28.7. The second-order valence-corrected chi connectivity index (χ2v) is 17.2. The Balaban J connectivity index is 1.22. The third-order valence-corrected chi connectivity index (χ3v) is 15.3. The molecule has 0 spiro atoms. The Bertz CT molecular complexity index is 1360. The van der Waals surface area contributed by atoms with Crippen LogP contribution in [0, 0.1) is 56.7 Å². The van der Waals surface area contributed by atoms with Gasteiger partial charge in [0.2, 0.25) is 5.91 Å². The van der Waals surface area contributed by atoms with E-state index in [1.165, 1.54) is 37.3 Å². The highest BCUT2D eigenvalue weighted by Gasteiger charge is 2.71. The predicted molar refractivity (Wildman–Crippen MR) is 178 cm³/mol. The van der Waals surface area contributed by atoms with E-state index in [0.29, 0.717) is 36.8 Å². The minimum absolute atomic E-state index is 0.0431. The lowest BCUT2D eigenvalue weighted by molar-refractivity contribution is -0.246. The van der Waals surface area contributed by atoms with E-state index in [1.54, 1.807) is 18.2 Å². The maximum atomic E-state index is 14.3. The first-order valence-electron chi connectivity index (χ1n) is 17.8. The lowest BCUT2D eigenvalue weighted by atomic mass is 9.32. The quantitative estimate of drug-likeness (QED) is 0.199. The number of carbonyl (C=O) groups is 2. The van der Waals surface area contributed by atoms with Crippen molar-refractivity contribution in [2.45, 2.75) is 112 Å². The summed E-state index contributed by atoms with van der Waals surface area (Å²) in [5.74, 6) is 2.08. The lowest BCUT2D eigenvalue weighted by Gasteiger charge is -2.72. The van der Waals surface area contributed by atoms with Crippen LogP contribution >= 0.6 is 0 Å². The number of allylic oxidation sites excluding steroid dienone is 1. The van der Waals surface area contributed by atoms with Gasteiger partial charge in [-0.15, -0.1) is 0 Å². The summed E-state index contributed by atoms with van der Waals surface area (Å²) in [7, 11) is 0. The molecule has 0 aliphatic heterocycles. The molecule has 6 rings (SSSR count). The fraction of sp³-hybridized carbons (Fsp3) is 0.744. The van der Waals surface area contributed by atoms with Crippen LogP contribution < -0.4 is 10.6 Å². The number of benzene rings is 1. The fourth-order valence-electron chi connectivity index (χ4n) is 12.8. The normalized spacial score (nSPS) is 43.2. The predicted octanol–water partition coefficient (Wildman–Crippen LogP) is 7.26. The van der Waals surface area contributed by atoms with E-state index >= 15 is 0 Å². The molecule has 0 radical (unpaired) electrons. The van der Waals surface area contributed by atoms with Crippen molar-refractivity contribution in [1.29, 1.82) is 0 Å². The molecule has 4 N–H and O–H groups in total. The van der Waals surface area contributed by atoms with E-state index in [4.69, 9.17) is 0 Å². The Morgan fingerprint density at radius 2 is 1.56 bits per heavy atom. The molecule has 1 aromatic carbocycles. The number of aliphatic hydroxyl groups is 1. The molecule has 0 unspecified atom stereocenters. The average molecular weight is 619 g/mol. The first-order valence-corrected chi connectivity index (χ1v) is 17.8. The van der Waals surface area contributed by atoms with Crippen LogP contribution in [0.3, 0.4) is 0 Å². The van der Waals surface area contributed by atoms with E-state index < -0.39 is 5.41 Å². The third-order valence-electron chi connectivity index (χ3n) is 15.3. The third kappa shape index (κ3) is 4.65. The molecule has 0 heterocycles. The van der Waals surface area contributed by atoms with Crippen molar-refractivity contribution in [2.75, 3.05) is 13.1 Å². The van der Waals surface area contributed by atoms with Crippen molar-refractivity contribution >= 4 is 11.8 Å². The largest absolute Gasteiger partial charge is 0.507 e. The number of hydrogen-bond donors (Lipinski definition) is 4. The number of para-hydroxylation sites is 1. The summed E-state index contributed by atoms with van der Waals surface area (Å²) < 4.78 is 0. The number of rotatable bonds is 6. The number of phenols is 1. The van der Waals surface area contributed by atoms with E-state index in [2.05, 4.69) is 58.8 Å². The van der Waals surface area contributed by atoms with Gasteiger partial charge in [-0.2, -0.15) is 0 Å². The Morgan fingerprint density at radius 1 is 0.844 bits per heavy atom. The Hall–Kier alpha value is -2.34. The number of carbonyl (C=O) groups excluding carboxylic acids is 2. The van der Waals surface area contributed by atoms with Gasteiger partial charge < -0.3 is 20.8 Å². The monoisotopic (exact) mass is 618 g/mol. The van der Waals surface area contributed by atoms with Gasteiger partial charge in [0.15, 0.2) is 0 Å². The van der Waals surface area contributed by atoms with Gasteiger partial charge in [-0.1, -0.05) is 58.9 Å². The van der Waals surface area contributed by atoms with Crippen LogP contribution in [0.2, 0.25) is 0 Å². The average Bonchev–Trinajstić information content (AvgIpc) is 3.39. The second-order valence-electron chi connectivity index (χ2n) is 17.2. The molecule has 10 atom stereocenters. The number of hydrogen-bond acceptors (Lipinski definition) is 4. The zero-order chi connectivity index (χ0) is 32.6. The molecule has 0 saturated heterocycles. The van der Waals surface area contributed by atoms with Gasteiger partial charge >= 0.3 is 0 Å². The maximum Gasteiger partial charge on any atom is 0.255 e. The minimum Gasteiger partial charge on any atom is -0.507 e. The highest BCUT2D eigenvalue weighted by molar-refractivity contribution is 5.96. The van der Waals surface area contributed by atoms with Crippen LogP contribution in [0.5, 0.6) is 5.75 Å². The van der Waals surface area contributed by atoms with Gasteiger partial charge in [-0.25, -0.2) is 0 Å². The van der Waals surface area contributed by atoms with Crippen molar-refractivity contribution < 1.29 is 19.8 Å². The summed E-state index contributed by atoms with van der Waals surface area (Å²) in [5.41, 5.74) is 1.62. The topological polar surface area (TPSA) is 98.7 Å². The SMILES string of the molecule is C=C(C)[C@@H]1CC[C@]2(C(=O)NCCNC(=O)c3ccccc3O)CC[C@]3(C)[C@H](CC[C@@H]4[C@@]5(C)CC[C@H](O)C(C)(C)[C@@H]5CC[C@]43C)[C@@H]12. The molecule has 1 aromatic rings. The van der Waals surface area contributed by atoms with Gasteiger partial charge in [-0.3, -0.25) is 9.59 Å². The van der Waals surface area contributed by atoms with Crippen molar-refractivity contribution in [1.82, 2.24) is 10.6 Å². The lowest BCUT2D eigenvalue weighted by Crippen LogP contribution is -2.67. The molecule has 5 saturated carbocycles. The number of fused-ring (bicyclic) bond motifs is 7. The van der Waals surface area contributed by atoms with Crippen molar-refractivity contribution in [3.05, 3.63) is 42.0 Å². The summed E-state index contributed by atoms with van der Waals surface area (Å²) >= 11 is 0. The first-order chi connectivity index (χ1) is 21.1. The zero-order valence-electron chi connectivity index (χ0n) is 28.7. The molecular formula is C39H58N2O4. The fourth-order valence-corrected chi connectivity index (χ4v) is 12.8. The Labute approximate surface area is 271 Å². The summed E-state index contributed by atoms with van der Waals surface area (Å²) in [4.78, 5) is 26.9. The van der Waals surface area contributed by atoms with Crippen LogP contribution in [-0.4, -0.2) is 41.2 Å². The number of amides is 2. The molecular weight excluding hydrogens is 560 g/mol. The molecule has 6 nitrogen and oxygen atoms in total. The van der Waals surface area contributed by atoms with E-state index in [9.17, 15) is 19.8 Å². The Morgan fingerprint density at radius 3 is 2.27 bits per heavy atom. The molecule has 5 aliphatic carbocycles. The summed E-state index contributed by atoms with van der Waals surface area (Å²) in [5, 5.41) is 27.2. The molecule has 45 heavy (non-hydrogen) atoms. The van der Waals surface area contributed by atoms with Gasteiger partial charge in [0.25, 0.3) is 5.91 Å². The van der Waals surface area contributed by atoms with Gasteiger partial charge in [-0.05, 0) is 135 Å². The first kappa shape index (κ1) is 32.6.